The molecule has 0 spiro atoms. The normalized spacial score (nSPS) is 20.5. The number of para-hydroxylation sites is 1. The zero-order valence-corrected chi connectivity index (χ0v) is 16.8. The van der Waals surface area contributed by atoms with Gasteiger partial charge in [-0.3, -0.25) is 4.79 Å². The van der Waals surface area contributed by atoms with Crippen molar-refractivity contribution in [1.82, 2.24) is 9.78 Å². The number of likely N-dealkylation sites (tertiary alicyclic amines) is 1. The van der Waals surface area contributed by atoms with Crippen molar-refractivity contribution in [2.75, 3.05) is 19.7 Å². The van der Waals surface area contributed by atoms with E-state index in [9.17, 15) is 9.18 Å². The van der Waals surface area contributed by atoms with Gasteiger partial charge in [0.15, 0.2) is 24.3 Å². The van der Waals surface area contributed by atoms with Gasteiger partial charge in [-0.2, -0.15) is 4.68 Å². The van der Waals surface area contributed by atoms with Crippen LogP contribution in [0.15, 0.2) is 28.7 Å². The SMILES string of the molecule is CCOC(=O)C1CC[NH+](Cn2nc([C@H](C)Oc3ccccc3F)oc2=S)CC1. The lowest BCUT2D eigenvalue weighted by molar-refractivity contribution is -0.929. The lowest BCUT2D eigenvalue weighted by Gasteiger charge is -2.27. The molecule has 2 heterocycles. The number of quaternary nitrogens is 1. The third-order valence-electron chi connectivity index (χ3n) is 4.80. The molecule has 0 unspecified atom stereocenters. The van der Waals surface area contributed by atoms with Crippen LogP contribution in [0.25, 0.3) is 0 Å². The van der Waals surface area contributed by atoms with Crippen molar-refractivity contribution in [3.8, 4) is 5.75 Å². The van der Waals surface area contributed by atoms with E-state index < -0.39 is 11.9 Å². The number of carbonyl (C=O) groups excluding carboxylic acids is 1. The quantitative estimate of drug-likeness (QED) is 0.558. The van der Waals surface area contributed by atoms with E-state index in [0.29, 0.717) is 19.2 Å². The monoisotopic (exact) mass is 410 g/mol. The molecular formula is C19H25FN3O4S+. The second-order valence-electron chi connectivity index (χ2n) is 6.83. The summed E-state index contributed by atoms with van der Waals surface area (Å²) in [6, 6.07) is 6.18. The molecule has 2 aromatic rings. The molecule has 1 atom stereocenters. The number of esters is 1. The summed E-state index contributed by atoms with van der Waals surface area (Å²) in [5.74, 6) is -0.146. The molecule has 3 rings (SSSR count). The van der Waals surface area contributed by atoms with Crippen LogP contribution < -0.4 is 9.64 Å². The van der Waals surface area contributed by atoms with Gasteiger partial charge in [0.1, 0.15) is 0 Å². The number of benzene rings is 1. The Kier molecular flexibility index (Phi) is 6.79. The van der Waals surface area contributed by atoms with Crippen molar-refractivity contribution >= 4 is 18.2 Å². The highest BCUT2D eigenvalue weighted by Crippen LogP contribution is 2.23. The molecule has 0 radical (unpaired) electrons. The Morgan fingerprint density at radius 1 is 1.43 bits per heavy atom. The zero-order valence-electron chi connectivity index (χ0n) is 16.0. The summed E-state index contributed by atoms with van der Waals surface area (Å²) in [5.41, 5.74) is 0. The van der Waals surface area contributed by atoms with Crippen LogP contribution in [0.1, 0.15) is 38.7 Å². The Labute approximate surface area is 168 Å². The van der Waals surface area contributed by atoms with Crippen molar-refractivity contribution in [3.63, 3.8) is 0 Å². The summed E-state index contributed by atoms with van der Waals surface area (Å²) >= 11 is 5.27. The van der Waals surface area contributed by atoms with Crippen molar-refractivity contribution in [1.29, 1.82) is 0 Å². The average molecular weight is 410 g/mol. The van der Waals surface area contributed by atoms with Crippen LogP contribution in [0.2, 0.25) is 0 Å². The summed E-state index contributed by atoms with van der Waals surface area (Å²) in [6.45, 7) is 6.16. The Bertz CT molecular complexity index is 861. The molecule has 1 fully saturated rings. The third-order valence-corrected chi connectivity index (χ3v) is 5.09. The minimum Gasteiger partial charge on any atom is -0.478 e. The molecule has 0 bridgehead atoms. The maximum absolute atomic E-state index is 13.8. The van der Waals surface area contributed by atoms with Crippen molar-refractivity contribution in [2.24, 2.45) is 5.92 Å². The minimum absolute atomic E-state index is 0.0290. The first-order chi connectivity index (χ1) is 13.5. The number of aromatic nitrogens is 2. The summed E-state index contributed by atoms with van der Waals surface area (Å²) in [7, 11) is 0. The van der Waals surface area contributed by atoms with E-state index >= 15 is 0 Å². The molecule has 0 saturated carbocycles. The Morgan fingerprint density at radius 3 is 2.82 bits per heavy atom. The Balaban J connectivity index is 1.58. The minimum atomic E-state index is -0.579. The number of carbonyl (C=O) groups is 1. The van der Waals surface area contributed by atoms with Crippen LogP contribution in [0, 0.1) is 16.6 Å². The lowest BCUT2D eigenvalue weighted by atomic mass is 9.97. The zero-order chi connectivity index (χ0) is 20.1. The summed E-state index contributed by atoms with van der Waals surface area (Å²) in [5, 5.41) is 4.40. The number of nitrogens with zero attached hydrogens (tertiary/aromatic N) is 2. The van der Waals surface area contributed by atoms with Crippen LogP contribution >= 0.6 is 12.2 Å². The topological polar surface area (TPSA) is 70.9 Å². The van der Waals surface area contributed by atoms with Crippen molar-refractivity contribution in [2.45, 2.75) is 39.5 Å². The van der Waals surface area contributed by atoms with Crippen LogP contribution in [-0.4, -0.2) is 35.4 Å². The summed E-state index contributed by atoms with van der Waals surface area (Å²) < 4.78 is 31.6. The van der Waals surface area contributed by atoms with Gasteiger partial charge in [0.25, 0.3) is 10.7 Å². The molecule has 1 saturated heterocycles. The van der Waals surface area contributed by atoms with Crippen LogP contribution in [-0.2, 0) is 16.2 Å². The maximum atomic E-state index is 13.8. The molecule has 1 aliphatic rings. The van der Waals surface area contributed by atoms with E-state index in [0.717, 1.165) is 25.9 Å². The molecule has 1 aliphatic heterocycles. The van der Waals surface area contributed by atoms with Gasteiger partial charge in [0, 0.05) is 12.8 Å². The molecule has 28 heavy (non-hydrogen) atoms. The van der Waals surface area contributed by atoms with Gasteiger partial charge < -0.3 is 18.8 Å². The number of rotatable bonds is 7. The number of piperidine rings is 1. The van der Waals surface area contributed by atoms with Crippen molar-refractivity contribution < 1.29 is 28.0 Å². The molecule has 1 aromatic carbocycles. The second kappa shape index (κ2) is 9.29. The lowest BCUT2D eigenvalue weighted by Crippen LogP contribution is -3.12. The fraction of sp³-hybridized carbons (Fsp3) is 0.526. The Hall–Kier alpha value is -2.26. The van der Waals surface area contributed by atoms with E-state index in [1.165, 1.54) is 11.0 Å². The average Bonchev–Trinajstić information content (AvgIpc) is 3.05. The van der Waals surface area contributed by atoms with Crippen molar-refractivity contribution in [3.05, 3.63) is 40.8 Å². The number of nitrogens with one attached hydrogen (secondary N) is 1. The van der Waals surface area contributed by atoms with Gasteiger partial charge in [-0.25, -0.2) is 4.39 Å². The summed E-state index contributed by atoms with van der Waals surface area (Å²) in [4.78, 5) is 13.4. The van der Waals surface area contributed by atoms with E-state index in [1.54, 1.807) is 29.8 Å². The highest BCUT2D eigenvalue weighted by molar-refractivity contribution is 7.71. The van der Waals surface area contributed by atoms with Gasteiger partial charge in [-0.05, 0) is 38.2 Å². The highest BCUT2D eigenvalue weighted by atomic mass is 32.1. The first-order valence-electron chi connectivity index (χ1n) is 9.47. The molecule has 0 amide bonds. The van der Waals surface area contributed by atoms with Crippen LogP contribution in [0.4, 0.5) is 4.39 Å². The third kappa shape index (κ3) is 4.96. The largest absolute Gasteiger partial charge is 0.478 e. The number of hydrogen-bond donors (Lipinski definition) is 1. The number of halogens is 1. The van der Waals surface area contributed by atoms with Gasteiger partial charge in [-0.15, -0.1) is 5.10 Å². The van der Waals surface area contributed by atoms with Gasteiger partial charge in [0.2, 0.25) is 0 Å². The fourth-order valence-corrected chi connectivity index (χ4v) is 3.45. The number of ether oxygens (including phenoxy) is 2. The number of hydrogen-bond acceptors (Lipinski definition) is 6. The van der Waals surface area contributed by atoms with Crippen LogP contribution in [0.3, 0.4) is 0 Å². The maximum Gasteiger partial charge on any atom is 0.309 e. The smallest absolute Gasteiger partial charge is 0.309 e. The van der Waals surface area contributed by atoms with E-state index in [1.807, 2.05) is 6.92 Å². The standard InChI is InChI=1S/C19H24FN3O4S/c1-3-25-18(24)14-8-10-22(11-9-14)12-23-19(28)27-17(21-23)13(2)26-16-7-5-4-6-15(16)20/h4-7,13-14H,3,8-12H2,1-2H3/p+1/t13-/m0/s1. The predicted molar refractivity (Wildman–Crippen MR) is 101 cm³/mol. The second-order valence-corrected chi connectivity index (χ2v) is 7.18. The molecule has 152 valence electrons. The molecule has 1 aromatic heterocycles. The molecule has 1 N–H and O–H groups in total. The highest BCUT2D eigenvalue weighted by Gasteiger charge is 2.29. The first kappa shape index (κ1) is 20.5. The predicted octanol–water partition coefficient (Wildman–Crippen LogP) is 2.30. The summed E-state index contributed by atoms with van der Waals surface area (Å²) in [6.07, 6.45) is 0.974. The Morgan fingerprint density at radius 2 is 2.14 bits per heavy atom. The van der Waals surface area contributed by atoms with Gasteiger partial charge in [0.05, 0.1) is 25.6 Å². The van der Waals surface area contributed by atoms with Gasteiger partial charge >= 0.3 is 5.97 Å². The van der Waals surface area contributed by atoms with E-state index in [2.05, 4.69) is 5.10 Å². The molecule has 0 aliphatic carbocycles. The fourth-order valence-electron chi connectivity index (χ4n) is 3.26. The van der Waals surface area contributed by atoms with E-state index in [4.69, 9.17) is 26.1 Å². The van der Waals surface area contributed by atoms with Gasteiger partial charge in [-0.1, -0.05) is 12.1 Å². The molecular weight excluding hydrogens is 385 g/mol. The van der Waals surface area contributed by atoms with Crippen LogP contribution in [0.5, 0.6) is 5.75 Å². The van der Waals surface area contributed by atoms with E-state index in [-0.39, 0.29) is 22.5 Å². The first-order valence-corrected chi connectivity index (χ1v) is 9.88. The molecule has 9 heteroatoms. The molecule has 7 nitrogen and oxygen atoms in total.